The first kappa shape index (κ1) is 7.44. The van der Waals surface area contributed by atoms with Gasteiger partial charge >= 0.3 is 0 Å². The van der Waals surface area contributed by atoms with Gasteiger partial charge < -0.3 is 5.11 Å². The summed E-state index contributed by atoms with van der Waals surface area (Å²) in [6.45, 7) is 5.79. The SMILES string of the molecule is C=C(C)CC=CCO. The smallest absolute Gasteiger partial charge is 0.0612 e. The molecule has 0 radical (unpaired) electrons. The third-order valence-corrected chi connectivity index (χ3v) is 0.738. The fourth-order valence-corrected chi connectivity index (χ4v) is 0.359. The average Bonchev–Trinajstić information content (AvgIpc) is 1.66. The zero-order valence-electron chi connectivity index (χ0n) is 5.22. The van der Waals surface area contributed by atoms with Crippen LogP contribution in [0.5, 0.6) is 0 Å². The van der Waals surface area contributed by atoms with E-state index in [9.17, 15) is 0 Å². The van der Waals surface area contributed by atoms with Crippen molar-refractivity contribution in [3.63, 3.8) is 0 Å². The lowest BCUT2D eigenvalue weighted by Crippen LogP contribution is -1.71. The largest absolute Gasteiger partial charge is 0.392 e. The molecular formula is C7H12O. The van der Waals surface area contributed by atoms with E-state index in [1.807, 2.05) is 13.0 Å². The summed E-state index contributed by atoms with van der Waals surface area (Å²) in [6, 6.07) is 0. The Morgan fingerprint density at radius 3 is 2.62 bits per heavy atom. The Balaban J connectivity index is 3.16. The van der Waals surface area contributed by atoms with Crippen molar-refractivity contribution in [1.29, 1.82) is 0 Å². The maximum atomic E-state index is 8.26. The Kier molecular flexibility index (Phi) is 4.27. The minimum Gasteiger partial charge on any atom is -0.392 e. The van der Waals surface area contributed by atoms with Crippen molar-refractivity contribution in [2.24, 2.45) is 0 Å². The molecule has 46 valence electrons. The molecule has 0 spiro atoms. The van der Waals surface area contributed by atoms with Crippen LogP contribution in [0.15, 0.2) is 24.3 Å². The Morgan fingerprint density at radius 2 is 2.25 bits per heavy atom. The molecule has 0 aromatic rings. The molecule has 0 aliphatic heterocycles. The highest BCUT2D eigenvalue weighted by Gasteiger charge is 1.75. The molecule has 0 fully saturated rings. The minimum absolute atomic E-state index is 0.132. The van der Waals surface area contributed by atoms with Gasteiger partial charge in [0.05, 0.1) is 6.61 Å². The number of hydrogen-bond donors (Lipinski definition) is 1. The molecule has 0 bridgehead atoms. The van der Waals surface area contributed by atoms with Crippen molar-refractivity contribution >= 4 is 0 Å². The fourth-order valence-electron chi connectivity index (χ4n) is 0.359. The number of aliphatic hydroxyl groups is 1. The van der Waals surface area contributed by atoms with Crippen LogP contribution in [0, 0.1) is 0 Å². The zero-order chi connectivity index (χ0) is 6.41. The van der Waals surface area contributed by atoms with Crippen molar-refractivity contribution in [2.45, 2.75) is 13.3 Å². The summed E-state index contributed by atoms with van der Waals surface area (Å²) in [6.07, 6.45) is 4.50. The second kappa shape index (κ2) is 4.60. The van der Waals surface area contributed by atoms with Gasteiger partial charge in [-0.1, -0.05) is 24.3 Å². The van der Waals surface area contributed by atoms with Crippen molar-refractivity contribution in [1.82, 2.24) is 0 Å². The van der Waals surface area contributed by atoms with Crippen LogP contribution < -0.4 is 0 Å². The maximum Gasteiger partial charge on any atom is 0.0612 e. The molecule has 0 aromatic heterocycles. The second-order valence-corrected chi connectivity index (χ2v) is 1.82. The van der Waals surface area contributed by atoms with Crippen LogP contribution in [-0.2, 0) is 0 Å². The van der Waals surface area contributed by atoms with Gasteiger partial charge in [-0.25, -0.2) is 0 Å². The summed E-state index contributed by atoms with van der Waals surface area (Å²) >= 11 is 0. The predicted octanol–water partition coefficient (Wildman–Crippen LogP) is 1.50. The van der Waals surface area contributed by atoms with E-state index in [1.54, 1.807) is 6.08 Å². The molecule has 8 heavy (non-hydrogen) atoms. The van der Waals surface area contributed by atoms with Crippen LogP contribution in [0.1, 0.15) is 13.3 Å². The van der Waals surface area contributed by atoms with Crippen LogP contribution in [0.4, 0.5) is 0 Å². The van der Waals surface area contributed by atoms with E-state index in [0.717, 1.165) is 12.0 Å². The standard InChI is InChI=1S/C7H12O/c1-7(2)5-3-4-6-8/h3-4,8H,1,5-6H2,2H3. The number of allylic oxidation sites excluding steroid dienone is 2. The van der Waals surface area contributed by atoms with Crippen molar-refractivity contribution < 1.29 is 5.11 Å². The molecule has 0 heterocycles. The van der Waals surface area contributed by atoms with Crippen LogP contribution >= 0.6 is 0 Å². The van der Waals surface area contributed by atoms with Crippen molar-refractivity contribution in [2.75, 3.05) is 6.61 Å². The first-order chi connectivity index (χ1) is 3.77. The van der Waals surface area contributed by atoms with Crippen LogP contribution in [-0.4, -0.2) is 11.7 Å². The highest BCUT2D eigenvalue weighted by Crippen LogP contribution is 1.94. The van der Waals surface area contributed by atoms with Crippen LogP contribution in [0.25, 0.3) is 0 Å². The third-order valence-electron chi connectivity index (χ3n) is 0.738. The van der Waals surface area contributed by atoms with Gasteiger partial charge in [-0.2, -0.15) is 0 Å². The normalized spacial score (nSPS) is 10.2. The number of aliphatic hydroxyl groups excluding tert-OH is 1. The lowest BCUT2D eigenvalue weighted by Gasteiger charge is -1.86. The minimum atomic E-state index is 0.132. The fraction of sp³-hybridized carbons (Fsp3) is 0.429. The maximum absolute atomic E-state index is 8.26. The molecule has 1 heteroatoms. The number of hydrogen-bond acceptors (Lipinski definition) is 1. The molecule has 0 aromatic carbocycles. The van der Waals surface area contributed by atoms with Gasteiger partial charge in [0.1, 0.15) is 0 Å². The van der Waals surface area contributed by atoms with E-state index in [-0.39, 0.29) is 6.61 Å². The summed E-state index contributed by atoms with van der Waals surface area (Å²) in [5, 5.41) is 8.26. The monoisotopic (exact) mass is 112 g/mol. The molecule has 0 aliphatic carbocycles. The van der Waals surface area contributed by atoms with Gasteiger partial charge in [-0.3, -0.25) is 0 Å². The molecule has 0 saturated heterocycles. The highest BCUT2D eigenvalue weighted by molar-refractivity contribution is 4.98. The Hall–Kier alpha value is -0.560. The lowest BCUT2D eigenvalue weighted by atomic mass is 10.2. The predicted molar refractivity (Wildman–Crippen MR) is 35.7 cm³/mol. The van der Waals surface area contributed by atoms with Gasteiger partial charge in [0.2, 0.25) is 0 Å². The highest BCUT2D eigenvalue weighted by atomic mass is 16.2. The van der Waals surface area contributed by atoms with Crippen LogP contribution in [0.3, 0.4) is 0 Å². The molecule has 0 unspecified atom stereocenters. The van der Waals surface area contributed by atoms with Gasteiger partial charge in [0, 0.05) is 0 Å². The average molecular weight is 112 g/mol. The molecule has 0 amide bonds. The molecule has 0 saturated carbocycles. The summed E-state index contributed by atoms with van der Waals surface area (Å²) in [4.78, 5) is 0. The van der Waals surface area contributed by atoms with Gasteiger partial charge in [0.25, 0.3) is 0 Å². The quantitative estimate of drug-likeness (QED) is 0.548. The third kappa shape index (κ3) is 5.44. The molecule has 0 aliphatic rings. The van der Waals surface area contributed by atoms with Gasteiger partial charge in [-0.05, 0) is 13.3 Å². The Bertz CT molecular complexity index is 92.6. The molecule has 1 N–H and O–H groups in total. The van der Waals surface area contributed by atoms with E-state index in [0.29, 0.717) is 0 Å². The first-order valence-corrected chi connectivity index (χ1v) is 2.67. The Morgan fingerprint density at radius 1 is 1.62 bits per heavy atom. The van der Waals surface area contributed by atoms with Crippen molar-refractivity contribution in [3.8, 4) is 0 Å². The summed E-state index contributed by atoms with van der Waals surface area (Å²) < 4.78 is 0. The molecule has 1 nitrogen and oxygen atoms in total. The zero-order valence-corrected chi connectivity index (χ0v) is 5.22. The Labute approximate surface area is 50.3 Å². The number of rotatable bonds is 3. The summed E-state index contributed by atoms with van der Waals surface area (Å²) in [5.74, 6) is 0. The van der Waals surface area contributed by atoms with E-state index in [2.05, 4.69) is 6.58 Å². The molecule has 0 rings (SSSR count). The van der Waals surface area contributed by atoms with E-state index in [1.165, 1.54) is 0 Å². The van der Waals surface area contributed by atoms with E-state index >= 15 is 0 Å². The van der Waals surface area contributed by atoms with E-state index in [4.69, 9.17) is 5.11 Å². The van der Waals surface area contributed by atoms with Crippen molar-refractivity contribution in [3.05, 3.63) is 24.3 Å². The van der Waals surface area contributed by atoms with Crippen LogP contribution in [0.2, 0.25) is 0 Å². The first-order valence-electron chi connectivity index (χ1n) is 2.67. The molecular weight excluding hydrogens is 100 g/mol. The van der Waals surface area contributed by atoms with Gasteiger partial charge in [-0.15, -0.1) is 0 Å². The van der Waals surface area contributed by atoms with E-state index < -0.39 is 0 Å². The van der Waals surface area contributed by atoms with Gasteiger partial charge in [0.15, 0.2) is 0 Å². The summed E-state index contributed by atoms with van der Waals surface area (Å²) in [7, 11) is 0. The molecule has 0 atom stereocenters. The topological polar surface area (TPSA) is 20.2 Å². The summed E-state index contributed by atoms with van der Waals surface area (Å²) in [5.41, 5.74) is 1.12. The second-order valence-electron chi connectivity index (χ2n) is 1.82. The lowest BCUT2D eigenvalue weighted by molar-refractivity contribution is 0.342.